The predicted octanol–water partition coefficient (Wildman–Crippen LogP) is 3.13. The van der Waals surface area contributed by atoms with Gasteiger partial charge in [0.2, 0.25) is 0 Å². The Kier molecular flexibility index (Phi) is 5.87. The SMILES string of the molecule is CC(C)(C)[S+]([O-])N[C@](C)(CCO)c1cccc(Cl)c1F. The molecular weight excluding hydrogens is 301 g/mol. The first-order valence-corrected chi connectivity index (χ1v) is 7.89. The van der Waals surface area contributed by atoms with Crippen LogP contribution in [0.1, 0.15) is 39.7 Å². The van der Waals surface area contributed by atoms with E-state index < -0.39 is 27.5 Å². The highest BCUT2D eigenvalue weighted by Gasteiger charge is 2.38. The van der Waals surface area contributed by atoms with E-state index in [2.05, 4.69) is 4.72 Å². The second-order valence-corrected chi connectivity index (χ2v) is 8.26. The second-order valence-electron chi connectivity index (χ2n) is 5.89. The lowest BCUT2D eigenvalue weighted by Crippen LogP contribution is -2.50. The van der Waals surface area contributed by atoms with Crippen molar-refractivity contribution in [2.45, 2.75) is 44.4 Å². The number of halogens is 2. The van der Waals surface area contributed by atoms with Gasteiger partial charge in [-0.1, -0.05) is 23.7 Å². The Morgan fingerprint density at radius 1 is 1.35 bits per heavy atom. The van der Waals surface area contributed by atoms with Crippen molar-refractivity contribution >= 4 is 23.0 Å². The molecule has 1 rings (SSSR count). The van der Waals surface area contributed by atoms with Gasteiger partial charge in [-0.25, -0.2) is 4.39 Å². The predicted molar refractivity (Wildman–Crippen MR) is 81.5 cm³/mol. The van der Waals surface area contributed by atoms with Crippen molar-refractivity contribution in [2.75, 3.05) is 6.61 Å². The van der Waals surface area contributed by atoms with Crippen molar-refractivity contribution in [3.8, 4) is 0 Å². The molecule has 0 saturated carbocycles. The molecule has 0 aromatic heterocycles. The molecule has 0 aliphatic heterocycles. The fourth-order valence-corrected chi connectivity index (χ4v) is 2.85. The molecule has 0 radical (unpaired) electrons. The highest BCUT2D eigenvalue weighted by molar-refractivity contribution is 7.90. The summed E-state index contributed by atoms with van der Waals surface area (Å²) < 4.78 is 28.9. The molecule has 2 atom stereocenters. The Hall–Kier alpha value is -0.330. The van der Waals surface area contributed by atoms with Crippen LogP contribution in [-0.4, -0.2) is 21.0 Å². The number of rotatable bonds is 5. The van der Waals surface area contributed by atoms with E-state index in [1.54, 1.807) is 19.1 Å². The minimum atomic E-state index is -1.39. The van der Waals surface area contributed by atoms with Crippen molar-refractivity contribution in [2.24, 2.45) is 0 Å². The first-order chi connectivity index (χ1) is 9.12. The molecule has 1 unspecified atom stereocenters. The number of nitrogens with one attached hydrogen (secondary N) is 1. The molecule has 0 heterocycles. The average molecular weight is 322 g/mol. The monoisotopic (exact) mass is 321 g/mol. The molecule has 0 spiro atoms. The Balaban J connectivity index is 3.18. The molecule has 2 N–H and O–H groups in total. The van der Waals surface area contributed by atoms with E-state index in [1.807, 2.05) is 20.8 Å². The van der Waals surface area contributed by atoms with Crippen molar-refractivity contribution in [3.63, 3.8) is 0 Å². The van der Waals surface area contributed by atoms with Crippen molar-refractivity contribution < 1.29 is 14.0 Å². The maximum absolute atomic E-state index is 14.2. The first kappa shape index (κ1) is 17.7. The lowest BCUT2D eigenvalue weighted by Gasteiger charge is -2.35. The molecule has 6 heteroatoms. The van der Waals surface area contributed by atoms with Crippen LogP contribution in [0.3, 0.4) is 0 Å². The van der Waals surface area contributed by atoms with Gasteiger partial charge in [0.25, 0.3) is 0 Å². The van der Waals surface area contributed by atoms with Gasteiger partial charge in [0.05, 0.1) is 10.6 Å². The largest absolute Gasteiger partial charge is 0.598 e. The number of benzene rings is 1. The van der Waals surface area contributed by atoms with Crippen molar-refractivity contribution in [1.82, 2.24) is 4.72 Å². The Morgan fingerprint density at radius 3 is 2.45 bits per heavy atom. The third-order valence-corrected chi connectivity index (χ3v) is 5.07. The van der Waals surface area contributed by atoms with Crippen LogP contribution in [0.15, 0.2) is 18.2 Å². The summed E-state index contributed by atoms with van der Waals surface area (Å²) in [4.78, 5) is 0. The summed E-state index contributed by atoms with van der Waals surface area (Å²) in [6.45, 7) is 7.02. The van der Waals surface area contributed by atoms with Gasteiger partial charge in [-0.3, -0.25) is 0 Å². The van der Waals surface area contributed by atoms with Crippen LogP contribution in [0, 0.1) is 5.82 Å². The molecule has 0 bridgehead atoms. The van der Waals surface area contributed by atoms with Gasteiger partial charge in [0.15, 0.2) is 0 Å². The maximum atomic E-state index is 14.2. The third kappa shape index (κ3) is 4.09. The van der Waals surface area contributed by atoms with Gasteiger partial charge in [-0.15, -0.1) is 4.72 Å². The summed E-state index contributed by atoms with van der Waals surface area (Å²) in [5.74, 6) is -0.552. The molecule has 0 saturated heterocycles. The van der Waals surface area contributed by atoms with E-state index in [1.165, 1.54) is 6.07 Å². The van der Waals surface area contributed by atoms with Crippen LogP contribution < -0.4 is 4.72 Å². The summed E-state index contributed by atoms with van der Waals surface area (Å²) in [5.41, 5.74) is -0.654. The molecule has 0 amide bonds. The van der Waals surface area contributed by atoms with E-state index in [4.69, 9.17) is 11.6 Å². The third-order valence-electron chi connectivity index (χ3n) is 3.03. The van der Waals surface area contributed by atoms with Crippen molar-refractivity contribution in [3.05, 3.63) is 34.6 Å². The Labute approximate surface area is 127 Å². The number of aliphatic hydroxyl groups is 1. The zero-order valence-electron chi connectivity index (χ0n) is 12.2. The number of hydrogen-bond donors (Lipinski definition) is 2. The summed E-state index contributed by atoms with van der Waals surface area (Å²) in [7, 11) is 0. The van der Waals surface area contributed by atoms with Gasteiger partial charge in [-0.05, 0) is 40.2 Å². The van der Waals surface area contributed by atoms with Crippen LogP contribution in [-0.2, 0) is 16.9 Å². The lowest BCUT2D eigenvalue weighted by atomic mass is 9.89. The zero-order chi connectivity index (χ0) is 15.6. The van der Waals surface area contributed by atoms with Gasteiger partial charge in [-0.2, -0.15) is 0 Å². The van der Waals surface area contributed by atoms with Crippen LogP contribution in [0.5, 0.6) is 0 Å². The molecule has 0 aliphatic rings. The molecule has 114 valence electrons. The van der Waals surface area contributed by atoms with E-state index in [9.17, 15) is 14.0 Å². The van der Waals surface area contributed by atoms with Crippen molar-refractivity contribution in [1.29, 1.82) is 0 Å². The van der Waals surface area contributed by atoms with Gasteiger partial charge < -0.3 is 9.66 Å². The highest BCUT2D eigenvalue weighted by atomic mass is 35.5. The standard InChI is InChI=1S/C14H21ClFNO2S/c1-13(2,3)20(19)17-14(4,8-9-18)10-6-5-7-11(15)12(10)16/h5-7,17-18H,8-9H2,1-4H3/t14-,20?/m1/s1. The van der Waals surface area contributed by atoms with E-state index >= 15 is 0 Å². The fraction of sp³-hybridized carbons (Fsp3) is 0.571. The summed E-state index contributed by atoms with van der Waals surface area (Å²) in [6, 6.07) is 4.68. The molecular formula is C14H21ClFNO2S. The number of aliphatic hydroxyl groups excluding tert-OH is 1. The van der Waals surface area contributed by atoms with E-state index in [0.717, 1.165) is 0 Å². The summed E-state index contributed by atoms with van der Waals surface area (Å²) in [6.07, 6.45) is 0.228. The molecule has 0 fully saturated rings. The van der Waals surface area contributed by atoms with Gasteiger partial charge >= 0.3 is 0 Å². The van der Waals surface area contributed by atoms with Crippen LogP contribution in [0.25, 0.3) is 0 Å². The van der Waals surface area contributed by atoms with Crippen LogP contribution >= 0.6 is 11.6 Å². The Morgan fingerprint density at radius 2 is 1.95 bits per heavy atom. The van der Waals surface area contributed by atoms with Crippen LogP contribution in [0.4, 0.5) is 4.39 Å². The molecule has 1 aromatic rings. The van der Waals surface area contributed by atoms with Gasteiger partial charge in [0, 0.05) is 23.5 Å². The minimum absolute atomic E-state index is 0.00926. The summed E-state index contributed by atoms with van der Waals surface area (Å²) >= 11 is 4.41. The minimum Gasteiger partial charge on any atom is -0.598 e. The summed E-state index contributed by atoms with van der Waals surface area (Å²) in [5, 5.41) is 9.25. The van der Waals surface area contributed by atoms with E-state index in [0.29, 0.717) is 5.56 Å². The lowest BCUT2D eigenvalue weighted by molar-refractivity contribution is 0.234. The fourth-order valence-electron chi connectivity index (χ4n) is 1.75. The highest BCUT2D eigenvalue weighted by Crippen LogP contribution is 2.32. The first-order valence-electron chi connectivity index (χ1n) is 6.37. The second kappa shape index (κ2) is 6.62. The molecule has 3 nitrogen and oxygen atoms in total. The zero-order valence-corrected chi connectivity index (χ0v) is 13.7. The van der Waals surface area contributed by atoms with Crippen LogP contribution in [0.2, 0.25) is 5.02 Å². The quantitative estimate of drug-likeness (QED) is 0.819. The van der Waals surface area contributed by atoms with E-state index in [-0.39, 0.29) is 18.1 Å². The van der Waals surface area contributed by atoms with Gasteiger partial charge in [0.1, 0.15) is 10.6 Å². The average Bonchev–Trinajstić information content (AvgIpc) is 2.31. The molecule has 20 heavy (non-hydrogen) atoms. The maximum Gasteiger partial charge on any atom is 0.146 e. The Bertz CT molecular complexity index is 467. The number of hydrogen-bond acceptors (Lipinski definition) is 3. The normalized spacial score (nSPS) is 16.8. The smallest absolute Gasteiger partial charge is 0.146 e. The molecule has 1 aromatic carbocycles. The topological polar surface area (TPSA) is 55.3 Å². The molecule has 0 aliphatic carbocycles.